The molecule has 1 unspecified atom stereocenters. The first-order valence-corrected chi connectivity index (χ1v) is 6.66. The Morgan fingerprint density at radius 3 is 2.47 bits per heavy atom. The van der Waals surface area contributed by atoms with Crippen molar-refractivity contribution in [3.63, 3.8) is 0 Å². The van der Waals surface area contributed by atoms with Gasteiger partial charge in [0.2, 0.25) is 0 Å². The number of ether oxygens (including phenoxy) is 2. The average molecular weight is 243 g/mol. The van der Waals surface area contributed by atoms with Gasteiger partial charge < -0.3 is 9.47 Å². The van der Waals surface area contributed by atoms with Gasteiger partial charge in [0.05, 0.1) is 12.6 Å². The first-order chi connectivity index (χ1) is 8.19. The molecule has 0 aliphatic carbocycles. The Morgan fingerprint density at radius 2 is 1.94 bits per heavy atom. The molecule has 0 aromatic rings. The van der Waals surface area contributed by atoms with Gasteiger partial charge in [-0.15, -0.1) is 0 Å². The number of carbonyl (C=O) groups excluding carboxylic acids is 1. The molecular formula is C13H25NO3. The zero-order valence-corrected chi connectivity index (χ0v) is 11.3. The van der Waals surface area contributed by atoms with E-state index in [1.807, 2.05) is 13.8 Å². The predicted molar refractivity (Wildman–Crippen MR) is 66.9 cm³/mol. The largest absolute Gasteiger partial charge is 0.352 e. The van der Waals surface area contributed by atoms with Crippen molar-refractivity contribution in [3.8, 4) is 0 Å². The minimum Gasteiger partial charge on any atom is -0.352 e. The lowest BCUT2D eigenvalue weighted by molar-refractivity contribution is -0.155. The molecule has 0 amide bonds. The van der Waals surface area contributed by atoms with Crippen LogP contribution in [0.25, 0.3) is 0 Å². The van der Waals surface area contributed by atoms with E-state index in [-0.39, 0.29) is 18.1 Å². The molecule has 1 heterocycles. The van der Waals surface area contributed by atoms with E-state index in [2.05, 4.69) is 4.90 Å². The molecule has 100 valence electrons. The minimum absolute atomic E-state index is 0.0622. The summed E-state index contributed by atoms with van der Waals surface area (Å²) < 4.78 is 11.1. The smallest absolute Gasteiger partial charge is 0.170 e. The summed E-state index contributed by atoms with van der Waals surface area (Å²) in [6.45, 7) is 8.56. The van der Waals surface area contributed by atoms with E-state index < -0.39 is 0 Å². The van der Waals surface area contributed by atoms with E-state index in [9.17, 15) is 4.79 Å². The third-order valence-corrected chi connectivity index (χ3v) is 3.17. The van der Waals surface area contributed by atoms with E-state index in [1.54, 1.807) is 6.92 Å². The maximum Gasteiger partial charge on any atom is 0.170 e. The molecule has 1 aliphatic heterocycles. The van der Waals surface area contributed by atoms with Crippen molar-refractivity contribution in [1.29, 1.82) is 0 Å². The number of likely N-dealkylation sites (tertiary alicyclic amines) is 1. The normalized spacial score (nSPS) is 22.0. The maximum atomic E-state index is 11.6. The van der Waals surface area contributed by atoms with Gasteiger partial charge in [-0.3, -0.25) is 9.69 Å². The molecule has 4 nitrogen and oxygen atoms in total. The van der Waals surface area contributed by atoms with Gasteiger partial charge in [-0.2, -0.15) is 0 Å². The monoisotopic (exact) mass is 243 g/mol. The second-order valence-electron chi connectivity index (χ2n) is 4.46. The number of carbonyl (C=O) groups is 1. The molecule has 17 heavy (non-hydrogen) atoms. The van der Waals surface area contributed by atoms with E-state index in [0.29, 0.717) is 19.8 Å². The molecule has 0 aromatic heterocycles. The number of hydrogen-bond donors (Lipinski definition) is 0. The molecule has 1 saturated heterocycles. The molecule has 0 bridgehead atoms. The van der Waals surface area contributed by atoms with Crippen LogP contribution in [0.4, 0.5) is 0 Å². The summed E-state index contributed by atoms with van der Waals surface area (Å²) >= 11 is 0. The van der Waals surface area contributed by atoms with E-state index >= 15 is 0 Å². The molecule has 0 aromatic carbocycles. The third kappa shape index (κ3) is 4.74. The maximum absolute atomic E-state index is 11.6. The predicted octanol–water partition coefficient (Wildman–Crippen LogP) is 1.83. The number of nitrogens with zero attached hydrogens (tertiary/aromatic N) is 1. The van der Waals surface area contributed by atoms with Crippen molar-refractivity contribution >= 4 is 5.78 Å². The molecule has 0 spiro atoms. The zero-order chi connectivity index (χ0) is 12.7. The quantitative estimate of drug-likeness (QED) is 0.639. The SMILES string of the molecule is CCOC(CN1CCCCC1C(C)=O)OCC. The summed E-state index contributed by atoms with van der Waals surface area (Å²) in [6, 6.07) is 0.0622. The Labute approximate surface area is 104 Å². The van der Waals surface area contributed by atoms with Crippen LogP contribution in [0.1, 0.15) is 40.0 Å². The van der Waals surface area contributed by atoms with Crippen molar-refractivity contribution < 1.29 is 14.3 Å². The highest BCUT2D eigenvalue weighted by molar-refractivity contribution is 5.81. The molecule has 0 N–H and O–H groups in total. The fraction of sp³-hybridized carbons (Fsp3) is 0.923. The standard InChI is InChI=1S/C13H25NO3/c1-4-16-13(17-5-2)10-14-9-7-6-8-12(14)11(3)15/h12-13H,4-10H2,1-3H3. The highest BCUT2D eigenvalue weighted by Gasteiger charge is 2.28. The van der Waals surface area contributed by atoms with Gasteiger partial charge >= 0.3 is 0 Å². The van der Waals surface area contributed by atoms with Crippen molar-refractivity contribution in [2.75, 3.05) is 26.3 Å². The van der Waals surface area contributed by atoms with Crippen LogP contribution in [0.5, 0.6) is 0 Å². The van der Waals surface area contributed by atoms with Gasteiger partial charge in [0, 0.05) is 13.2 Å². The fourth-order valence-electron chi connectivity index (χ4n) is 2.39. The van der Waals surface area contributed by atoms with Crippen LogP contribution in [0.3, 0.4) is 0 Å². The minimum atomic E-state index is -0.204. The third-order valence-electron chi connectivity index (χ3n) is 3.17. The second-order valence-corrected chi connectivity index (χ2v) is 4.46. The molecule has 0 saturated carbocycles. The van der Waals surface area contributed by atoms with Crippen molar-refractivity contribution in [3.05, 3.63) is 0 Å². The van der Waals surface area contributed by atoms with Gasteiger partial charge in [0.1, 0.15) is 5.78 Å². The lowest BCUT2D eigenvalue weighted by Gasteiger charge is -2.36. The van der Waals surface area contributed by atoms with Gasteiger partial charge in [0.25, 0.3) is 0 Å². The summed E-state index contributed by atoms with van der Waals surface area (Å²) in [4.78, 5) is 13.8. The molecule has 0 radical (unpaired) electrons. The van der Waals surface area contributed by atoms with Crippen LogP contribution in [-0.4, -0.2) is 49.3 Å². The van der Waals surface area contributed by atoms with Gasteiger partial charge in [-0.25, -0.2) is 0 Å². The Bertz CT molecular complexity index is 227. The summed E-state index contributed by atoms with van der Waals surface area (Å²) in [5.74, 6) is 0.261. The van der Waals surface area contributed by atoms with Gasteiger partial charge in [-0.05, 0) is 40.2 Å². The number of rotatable bonds is 7. The highest BCUT2D eigenvalue weighted by atomic mass is 16.7. The topological polar surface area (TPSA) is 38.8 Å². The van der Waals surface area contributed by atoms with Gasteiger partial charge in [-0.1, -0.05) is 6.42 Å². The average Bonchev–Trinajstić information content (AvgIpc) is 2.30. The lowest BCUT2D eigenvalue weighted by Crippen LogP contribution is -2.48. The number of ketones is 1. The highest BCUT2D eigenvalue weighted by Crippen LogP contribution is 2.18. The van der Waals surface area contributed by atoms with Crippen LogP contribution in [-0.2, 0) is 14.3 Å². The first-order valence-electron chi connectivity index (χ1n) is 6.66. The molecule has 1 aliphatic rings. The summed E-state index contributed by atoms with van der Waals surface area (Å²) in [5.41, 5.74) is 0. The van der Waals surface area contributed by atoms with Crippen LogP contribution < -0.4 is 0 Å². The first kappa shape index (κ1) is 14.6. The Balaban J connectivity index is 2.52. The van der Waals surface area contributed by atoms with Crippen molar-refractivity contribution in [2.45, 2.75) is 52.4 Å². The molecule has 4 heteroatoms. The Kier molecular flexibility index (Phi) is 6.70. The van der Waals surface area contributed by atoms with E-state index in [1.165, 1.54) is 0 Å². The van der Waals surface area contributed by atoms with Gasteiger partial charge in [0.15, 0.2) is 6.29 Å². The fourth-order valence-corrected chi connectivity index (χ4v) is 2.39. The number of Topliss-reactive ketones (excluding diaryl/α,β-unsaturated/α-hetero) is 1. The Hall–Kier alpha value is -0.450. The van der Waals surface area contributed by atoms with Crippen LogP contribution in [0.2, 0.25) is 0 Å². The number of piperidine rings is 1. The molecular weight excluding hydrogens is 218 g/mol. The zero-order valence-electron chi connectivity index (χ0n) is 11.3. The van der Waals surface area contributed by atoms with Crippen molar-refractivity contribution in [1.82, 2.24) is 4.90 Å². The summed E-state index contributed by atoms with van der Waals surface area (Å²) in [5, 5.41) is 0. The van der Waals surface area contributed by atoms with Crippen molar-refractivity contribution in [2.24, 2.45) is 0 Å². The van der Waals surface area contributed by atoms with Crippen LogP contribution >= 0.6 is 0 Å². The Morgan fingerprint density at radius 1 is 1.29 bits per heavy atom. The second kappa shape index (κ2) is 7.80. The number of hydrogen-bond acceptors (Lipinski definition) is 4. The molecule has 1 fully saturated rings. The lowest BCUT2D eigenvalue weighted by atomic mass is 9.99. The van der Waals surface area contributed by atoms with Crippen LogP contribution in [0.15, 0.2) is 0 Å². The van der Waals surface area contributed by atoms with Crippen LogP contribution in [0, 0.1) is 0 Å². The van der Waals surface area contributed by atoms with E-state index in [0.717, 1.165) is 25.8 Å². The summed E-state index contributed by atoms with van der Waals surface area (Å²) in [7, 11) is 0. The molecule has 1 rings (SSSR count). The molecule has 1 atom stereocenters. The van der Waals surface area contributed by atoms with E-state index in [4.69, 9.17) is 9.47 Å². The summed E-state index contributed by atoms with van der Waals surface area (Å²) in [6.07, 6.45) is 3.08.